The van der Waals surface area contributed by atoms with Crippen LogP contribution in [0.3, 0.4) is 0 Å². The molecule has 0 saturated carbocycles. The molecule has 0 spiro atoms. The molecule has 1 radical (unpaired) electrons. The normalized spacial score (nSPS) is 21.5. The van der Waals surface area contributed by atoms with Gasteiger partial charge in [-0.2, -0.15) is 0 Å². The smallest absolute Gasteiger partial charge is 0.0446 e. The van der Waals surface area contributed by atoms with E-state index in [0.717, 1.165) is 24.7 Å². The highest BCUT2D eigenvalue weighted by atomic mass is 16.5. The monoisotopic (exact) mass is 338 g/mol. The molecule has 1 saturated heterocycles. The lowest BCUT2D eigenvalue weighted by atomic mass is 9.68. The van der Waals surface area contributed by atoms with E-state index in [4.69, 9.17) is 0 Å². The molecule has 0 aliphatic carbocycles. The summed E-state index contributed by atoms with van der Waals surface area (Å²) in [7, 11) is 0. The standard InChI is InChI=1S/C22H44NO/c1-7-9-11-13-15-19(16-14-12-10-8-2)20-17-21(3,4)23(24)22(5,6)18-20/h19-20H,7-18H2,1-6H3. The molecule has 2 heteroatoms. The summed E-state index contributed by atoms with van der Waals surface area (Å²) in [6.45, 7) is 13.2. The van der Waals surface area contributed by atoms with Crippen molar-refractivity contribution in [3.8, 4) is 0 Å². The topological polar surface area (TPSA) is 23.1 Å². The van der Waals surface area contributed by atoms with E-state index in [2.05, 4.69) is 41.5 Å². The summed E-state index contributed by atoms with van der Waals surface area (Å²) in [4.78, 5) is 0. The first-order chi connectivity index (χ1) is 11.2. The van der Waals surface area contributed by atoms with Gasteiger partial charge < -0.3 is 0 Å². The van der Waals surface area contributed by atoms with Crippen molar-refractivity contribution in [1.82, 2.24) is 5.06 Å². The van der Waals surface area contributed by atoms with Crippen LogP contribution in [0.4, 0.5) is 0 Å². The lowest BCUT2D eigenvalue weighted by Crippen LogP contribution is -2.59. The van der Waals surface area contributed by atoms with Crippen LogP contribution in [-0.4, -0.2) is 16.1 Å². The summed E-state index contributed by atoms with van der Waals surface area (Å²) in [6.07, 6.45) is 15.8. The van der Waals surface area contributed by atoms with Crippen molar-refractivity contribution in [2.45, 2.75) is 130 Å². The van der Waals surface area contributed by atoms with Gasteiger partial charge in [0.2, 0.25) is 0 Å². The molecule has 24 heavy (non-hydrogen) atoms. The Morgan fingerprint density at radius 1 is 0.792 bits per heavy atom. The third kappa shape index (κ3) is 6.67. The van der Waals surface area contributed by atoms with E-state index in [-0.39, 0.29) is 11.1 Å². The van der Waals surface area contributed by atoms with Gasteiger partial charge in [-0.3, -0.25) is 0 Å². The van der Waals surface area contributed by atoms with E-state index < -0.39 is 0 Å². The number of unbranched alkanes of at least 4 members (excludes halogenated alkanes) is 6. The van der Waals surface area contributed by atoms with Gasteiger partial charge >= 0.3 is 0 Å². The molecule has 1 aliphatic heterocycles. The predicted molar refractivity (Wildman–Crippen MR) is 104 cm³/mol. The summed E-state index contributed by atoms with van der Waals surface area (Å²) in [6, 6.07) is 0. The lowest BCUT2D eigenvalue weighted by Gasteiger charge is -2.51. The minimum atomic E-state index is -0.211. The van der Waals surface area contributed by atoms with Gasteiger partial charge in [0.15, 0.2) is 0 Å². The highest BCUT2D eigenvalue weighted by Crippen LogP contribution is 2.45. The first-order valence-corrected chi connectivity index (χ1v) is 10.7. The lowest BCUT2D eigenvalue weighted by molar-refractivity contribution is -0.296. The molecule has 0 atom stereocenters. The van der Waals surface area contributed by atoms with Crippen LogP contribution in [-0.2, 0) is 5.21 Å². The molecular weight excluding hydrogens is 294 g/mol. The van der Waals surface area contributed by atoms with Crippen LogP contribution in [0.2, 0.25) is 0 Å². The Morgan fingerprint density at radius 2 is 1.21 bits per heavy atom. The van der Waals surface area contributed by atoms with Crippen molar-refractivity contribution in [1.29, 1.82) is 0 Å². The Hall–Kier alpha value is -0.0800. The molecule has 0 amide bonds. The van der Waals surface area contributed by atoms with Crippen molar-refractivity contribution in [2.75, 3.05) is 0 Å². The van der Waals surface area contributed by atoms with E-state index >= 15 is 0 Å². The van der Waals surface area contributed by atoms with Gasteiger partial charge in [-0.25, -0.2) is 0 Å². The van der Waals surface area contributed by atoms with E-state index in [1.165, 1.54) is 69.3 Å². The molecule has 143 valence electrons. The summed E-state index contributed by atoms with van der Waals surface area (Å²) >= 11 is 0. The van der Waals surface area contributed by atoms with E-state index in [1.807, 2.05) is 0 Å². The largest absolute Gasteiger partial charge is 0.144 e. The molecule has 0 aromatic heterocycles. The second-order valence-corrected chi connectivity index (χ2v) is 9.55. The van der Waals surface area contributed by atoms with Gasteiger partial charge in [0.1, 0.15) is 0 Å². The van der Waals surface area contributed by atoms with Crippen LogP contribution in [0.1, 0.15) is 119 Å². The van der Waals surface area contributed by atoms with Crippen LogP contribution >= 0.6 is 0 Å². The molecule has 0 bridgehead atoms. The van der Waals surface area contributed by atoms with Crippen molar-refractivity contribution >= 4 is 0 Å². The van der Waals surface area contributed by atoms with Crippen molar-refractivity contribution in [3.63, 3.8) is 0 Å². The van der Waals surface area contributed by atoms with Crippen molar-refractivity contribution in [3.05, 3.63) is 0 Å². The maximum Gasteiger partial charge on any atom is 0.0446 e. The van der Waals surface area contributed by atoms with Gasteiger partial charge in [0.25, 0.3) is 0 Å². The third-order valence-electron chi connectivity index (χ3n) is 6.15. The zero-order chi connectivity index (χ0) is 18.2. The minimum absolute atomic E-state index is 0.211. The van der Waals surface area contributed by atoms with Crippen molar-refractivity contribution in [2.24, 2.45) is 11.8 Å². The average Bonchev–Trinajstić information content (AvgIpc) is 2.50. The van der Waals surface area contributed by atoms with Crippen LogP contribution < -0.4 is 0 Å². The maximum absolute atomic E-state index is 12.7. The second-order valence-electron chi connectivity index (χ2n) is 9.55. The zero-order valence-corrected chi connectivity index (χ0v) is 17.5. The van der Waals surface area contributed by atoms with Crippen LogP contribution in [0, 0.1) is 11.8 Å². The molecule has 0 N–H and O–H groups in total. The minimum Gasteiger partial charge on any atom is -0.144 e. The average molecular weight is 339 g/mol. The van der Waals surface area contributed by atoms with Gasteiger partial charge in [-0.05, 0) is 52.4 Å². The molecule has 1 rings (SSSR count). The molecule has 0 aromatic carbocycles. The molecule has 0 aromatic rings. The van der Waals surface area contributed by atoms with Gasteiger partial charge in [0.05, 0.1) is 0 Å². The fourth-order valence-electron chi connectivity index (χ4n) is 4.96. The first kappa shape index (κ1) is 22.0. The van der Waals surface area contributed by atoms with Crippen LogP contribution in [0.15, 0.2) is 0 Å². The van der Waals surface area contributed by atoms with Gasteiger partial charge in [0, 0.05) is 11.1 Å². The molecule has 0 unspecified atom stereocenters. The molecule has 1 heterocycles. The summed E-state index contributed by atoms with van der Waals surface area (Å²) in [5, 5.41) is 14.0. The number of nitrogens with zero attached hydrogens (tertiary/aromatic N) is 1. The molecule has 1 fully saturated rings. The first-order valence-electron chi connectivity index (χ1n) is 10.7. The number of hydrogen-bond donors (Lipinski definition) is 0. The van der Waals surface area contributed by atoms with E-state index in [1.54, 1.807) is 0 Å². The van der Waals surface area contributed by atoms with Crippen LogP contribution in [0.25, 0.3) is 0 Å². The quantitative estimate of drug-likeness (QED) is 0.366. The van der Waals surface area contributed by atoms with Gasteiger partial charge in [-0.15, -0.1) is 10.3 Å². The number of hydrogen-bond acceptors (Lipinski definition) is 1. The summed E-state index contributed by atoms with van der Waals surface area (Å²) < 4.78 is 0. The van der Waals surface area contributed by atoms with Crippen LogP contribution in [0.5, 0.6) is 0 Å². The number of hydroxylamine groups is 2. The SMILES string of the molecule is CCCCCCC(CCCCCC)C1CC(C)(C)N([O])C(C)(C)C1. The fraction of sp³-hybridized carbons (Fsp3) is 1.00. The predicted octanol–water partition coefficient (Wildman–Crippen LogP) is 7.16. The Morgan fingerprint density at radius 3 is 1.58 bits per heavy atom. The molecule has 1 aliphatic rings. The summed E-state index contributed by atoms with van der Waals surface area (Å²) in [5.74, 6) is 1.55. The fourth-order valence-corrected chi connectivity index (χ4v) is 4.96. The highest BCUT2D eigenvalue weighted by Gasteiger charge is 2.47. The Labute approximate surface area is 152 Å². The Balaban J connectivity index is 2.68. The number of rotatable bonds is 11. The highest BCUT2D eigenvalue weighted by molar-refractivity contribution is 4.97. The second kappa shape index (κ2) is 10.2. The zero-order valence-electron chi connectivity index (χ0n) is 17.5. The Kier molecular flexibility index (Phi) is 9.30. The van der Waals surface area contributed by atoms with Gasteiger partial charge in [-0.1, -0.05) is 78.1 Å². The number of piperidine rings is 1. The van der Waals surface area contributed by atoms with E-state index in [0.29, 0.717) is 0 Å². The third-order valence-corrected chi connectivity index (χ3v) is 6.15. The molecular formula is C22H44NO. The van der Waals surface area contributed by atoms with E-state index in [9.17, 15) is 5.21 Å². The Bertz CT molecular complexity index is 307. The van der Waals surface area contributed by atoms with Crippen molar-refractivity contribution < 1.29 is 5.21 Å². The molecule has 2 nitrogen and oxygen atoms in total. The summed E-state index contributed by atoms with van der Waals surface area (Å²) in [5.41, 5.74) is -0.422. The maximum atomic E-state index is 12.7.